The summed E-state index contributed by atoms with van der Waals surface area (Å²) in [5, 5.41) is 13.5. The number of benzene rings is 1. The first-order valence-electron chi connectivity index (χ1n) is 6.03. The topological polar surface area (TPSA) is 98.3 Å². The summed E-state index contributed by atoms with van der Waals surface area (Å²) in [4.78, 5) is 22.0. The maximum atomic E-state index is 11.8. The van der Waals surface area contributed by atoms with Gasteiger partial charge in [-0.3, -0.25) is 14.9 Å². The van der Waals surface area contributed by atoms with Gasteiger partial charge in [-0.2, -0.15) is 0 Å². The first-order valence-corrected chi connectivity index (χ1v) is 6.03. The molecule has 3 N–H and O–H groups in total. The molecule has 0 aliphatic rings. The smallest absolute Gasteiger partial charge is 0.292 e. The van der Waals surface area contributed by atoms with Crippen molar-refractivity contribution in [1.82, 2.24) is 5.32 Å². The molecule has 19 heavy (non-hydrogen) atoms. The van der Waals surface area contributed by atoms with Gasteiger partial charge in [0.05, 0.1) is 4.92 Å². The second kappa shape index (κ2) is 5.69. The van der Waals surface area contributed by atoms with Gasteiger partial charge in [-0.15, -0.1) is 0 Å². The van der Waals surface area contributed by atoms with E-state index in [9.17, 15) is 14.9 Å². The summed E-state index contributed by atoms with van der Waals surface area (Å²) in [5.74, 6) is -0.327. The van der Waals surface area contributed by atoms with Crippen LogP contribution in [-0.2, 0) is 0 Å². The van der Waals surface area contributed by atoms with Crippen molar-refractivity contribution >= 4 is 17.3 Å². The van der Waals surface area contributed by atoms with E-state index in [1.165, 1.54) is 18.2 Å². The summed E-state index contributed by atoms with van der Waals surface area (Å²) >= 11 is 0. The lowest BCUT2D eigenvalue weighted by Gasteiger charge is -2.18. The van der Waals surface area contributed by atoms with Gasteiger partial charge in [0.25, 0.3) is 11.6 Å². The van der Waals surface area contributed by atoms with E-state index < -0.39 is 4.92 Å². The molecular weight excluding hydrogens is 246 g/mol. The zero-order chi connectivity index (χ0) is 14.6. The monoisotopic (exact) mass is 265 g/mol. The van der Waals surface area contributed by atoms with Crippen LogP contribution in [0.2, 0.25) is 0 Å². The Morgan fingerprint density at radius 2 is 2.05 bits per heavy atom. The van der Waals surface area contributed by atoms with Crippen LogP contribution in [0.15, 0.2) is 18.2 Å². The van der Waals surface area contributed by atoms with Crippen LogP contribution in [0.1, 0.15) is 37.6 Å². The van der Waals surface area contributed by atoms with Gasteiger partial charge in [0.15, 0.2) is 0 Å². The third kappa shape index (κ3) is 4.57. The molecule has 0 aromatic heterocycles. The molecule has 0 heterocycles. The van der Waals surface area contributed by atoms with Gasteiger partial charge < -0.3 is 11.1 Å². The predicted octanol–water partition coefficient (Wildman–Crippen LogP) is 2.34. The summed E-state index contributed by atoms with van der Waals surface area (Å²) in [6.45, 7) is 6.76. The van der Waals surface area contributed by atoms with Crippen molar-refractivity contribution in [2.24, 2.45) is 5.41 Å². The van der Waals surface area contributed by atoms with Crippen molar-refractivity contribution in [3.63, 3.8) is 0 Å². The van der Waals surface area contributed by atoms with Crippen molar-refractivity contribution in [3.8, 4) is 0 Å². The number of hydrogen-bond donors (Lipinski definition) is 2. The first-order chi connectivity index (χ1) is 8.70. The minimum Gasteiger partial charge on any atom is -0.393 e. The van der Waals surface area contributed by atoms with Crippen LogP contribution >= 0.6 is 0 Å². The molecule has 1 rings (SSSR count). The normalized spacial score (nSPS) is 11.1. The molecule has 6 nitrogen and oxygen atoms in total. The molecule has 104 valence electrons. The van der Waals surface area contributed by atoms with E-state index in [4.69, 9.17) is 5.73 Å². The highest BCUT2D eigenvalue weighted by atomic mass is 16.6. The fourth-order valence-electron chi connectivity index (χ4n) is 1.50. The second-order valence-corrected chi connectivity index (χ2v) is 5.60. The van der Waals surface area contributed by atoms with Crippen LogP contribution in [0, 0.1) is 15.5 Å². The van der Waals surface area contributed by atoms with Gasteiger partial charge in [0.2, 0.25) is 0 Å². The van der Waals surface area contributed by atoms with Crippen molar-refractivity contribution in [3.05, 3.63) is 33.9 Å². The molecule has 6 heteroatoms. The number of nitro benzene ring substituents is 1. The Balaban J connectivity index is 2.73. The molecule has 0 aliphatic heterocycles. The Kier molecular flexibility index (Phi) is 4.47. The lowest BCUT2D eigenvalue weighted by molar-refractivity contribution is -0.383. The van der Waals surface area contributed by atoms with E-state index >= 15 is 0 Å². The van der Waals surface area contributed by atoms with Gasteiger partial charge in [0, 0.05) is 18.2 Å². The highest BCUT2D eigenvalue weighted by Crippen LogP contribution is 2.22. The first kappa shape index (κ1) is 14.9. The molecule has 1 amide bonds. The minimum absolute atomic E-state index is 0.0521. The molecule has 0 atom stereocenters. The zero-order valence-corrected chi connectivity index (χ0v) is 11.4. The van der Waals surface area contributed by atoms with Crippen LogP contribution in [0.3, 0.4) is 0 Å². The lowest BCUT2D eigenvalue weighted by Crippen LogP contribution is -2.27. The quantitative estimate of drug-likeness (QED) is 0.496. The Labute approximate surface area is 112 Å². The van der Waals surface area contributed by atoms with Gasteiger partial charge >= 0.3 is 0 Å². The van der Waals surface area contributed by atoms with Gasteiger partial charge in [0.1, 0.15) is 5.69 Å². The van der Waals surface area contributed by atoms with Gasteiger partial charge in [-0.1, -0.05) is 20.8 Å². The standard InChI is InChI=1S/C13H19N3O3/c1-13(2,3)6-7-15-12(17)9-4-5-10(14)11(8-9)16(18)19/h4-5,8H,6-7,14H2,1-3H3,(H,15,17). The number of anilines is 1. The molecule has 1 aromatic carbocycles. The Morgan fingerprint density at radius 3 is 2.58 bits per heavy atom. The molecule has 1 aromatic rings. The fraction of sp³-hybridized carbons (Fsp3) is 0.462. The number of rotatable bonds is 4. The number of nitrogen functional groups attached to an aromatic ring is 1. The second-order valence-electron chi connectivity index (χ2n) is 5.60. The third-order valence-corrected chi connectivity index (χ3v) is 2.65. The molecule has 0 saturated heterocycles. The van der Waals surface area contributed by atoms with Gasteiger partial charge in [-0.05, 0) is 24.0 Å². The van der Waals surface area contributed by atoms with E-state index in [2.05, 4.69) is 26.1 Å². The van der Waals surface area contributed by atoms with E-state index in [-0.39, 0.29) is 28.3 Å². The highest BCUT2D eigenvalue weighted by Gasteiger charge is 2.16. The summed E-state index contributed by atoms with van der Waals surface area (Å²) in [6, 6.07) is 4.05. The van der Waals surface area contributed by atoms with Crippen LogP contribution in [0.25, 0.3) is 0 Å². The fourth-order valence-corrected chi connectivity index (χ4v) is 1.50. The lowest BCUT2D eigenvalue weighted by atomic mass is 9.92. The predicted molar refractivity (Wildman–Crippen MR) is 73.9 cm³/mol. The molecule has 0 unspecified atom stereocenters. The van der Waals surface area contributed by atoms with Crippen molar-refractivity contribution in [2.75, 3.05) is 12.3 Å². The average Bonchev–Trinajstić information content (AvgIpc) is 2.27. The summed E-state index contributed by atoms with van der Waals surface area (Å²) in [6.07, 6.45) is 0.829. The van der Waals surface area contributed by atoms with Crippen molar-refractivity contribution in [1.29, 1.82) is 0 Å². The van der Waals surface area contributed by atoms with E-state index in [1.54, 1.807) is 0 Å². The number of nitrogens with zero attached hydrogens (tertiary/aromatic N) is 1. The molecule has 0 bridgehead atoms. The van der Waals surface area contributed by atoms with Crippen molar-refractivity contribution < 1.29 is 9.72 Å². The number of nitro groups is 1. The van der Waals surface area contributed by atoms with Crippen LogP contribution in [-0.4, -0.2) is 17.4 Å². The van der Waals surface area contributed by atoms with Crippen LogP contribution < -0.4 is 11.1 Å². The maximum absolute atomic E-state index is 11.8. The molecule has 0 fully saturated rings. The number of amides is 1. The molecule has 0 aliphatic carbocycles. The number of nitrogens with one attached hydrogen (secondary N) is 1. The molecule has 0 saturated carbocycles. The Hall–Kier alpha value is -2.11. The Morgan fingerprint density at radius 1 is 1.42 bits per heavy atom. The van der Waals surface area contributed by atoms with Crippen LogP contribution in [0.4, 0.5) is 11.4 Å². The number of carbonyl (C=O) groups is 1. The molecule has 0 radical (unpaired) electrons. The van der Waals surface area contributed by atoms with Crippen molar-refractivity contribution in [2.45, 2.75) is 27.2 Å². The maximum Gasteiger partial charge on any atom is 0.292 e. The zero-order valence-electron chi connectivity index (χ0n) is 11.4. The number of carbonyl (C=O) groups excluding carboxylic acids is 1. The van der Waals surface area contributed by atoms with E-state index in [1.807, 2.05) is 0 Å². The SMILES string of the molecule is CC(C)(C)CCNC(=O)c1ccc(N)c([N+](=O)[O-])c1. The average molecular weight is 265 g/mol. The summed E-state index contributed by atoms with van der Waals surface area (Å²) < 4.78 is 0. The largest absolute Gasteiger partial charge is 0.393 e. The Bertz CT molecular complexity index is 492. The summed E-state index contributed by atoms with van der Waals surface area (Å²) in [7, 11) is 0. The van der Waals surface area contributed by atoms with E-state index in [0.29, 0.717) is 6.54 Å². The van der Waals surface area contributed by atoms with E-state index in [0.717, 1.165) is 6.42 Å². The number of nitrogens with two attached hydrogens (primary N) is 1. The molecule has 0 spiro atoms. The third-order valence-electron chi connectivity index (χ3n) is 2.65. The molecular formula is C13H19N3O3. The number of hydrogen-bond acceptors (Lipinski definition) is 4. The van der Waals surface area contributed by atoms with Crippen LogP contribution in [0.5, 0.6) is 0 Å². The van der Waals surface area contributed by atoms with Gasteiger partial charge in [-0.25, -0.2) is 0 Å². The summed E-state index contributed by atoms with van der Waals surface area (Å²) in [5.41, 5.74) is 5.65. The minimum atomic E-state index is -0.596. The highest BCUT2D eigenvalue weighted by molar-refractivity contribution is 5.95.